The highest BCUT2D eigenvalue weighted by molar-refractivity contribution is 5.81. The number of morpholine rings is 1. The van der Waals surface area contributed by atoms with Gasteiger partial charge in [0.2, 0.25) is 5.91 Å². The maximum Gasteiger partial charge on any atom is 0.249 e. The second kappa shape index (κ2) is 9.59. The Hall–Kier alpha value is -2.42. The molecule has 1 aromatic carbocycles. The number of hydrogen-bond donors (Lipinski definition) is 1. The van der Waals surface area contributed by atoms with E-state index >= 15 is 0 Å². The van der Waals surface area contributed by atoms with Crippen LogP contribution in [-0.4, -0.2) is 72.0 Å². The number of benzene rings is 1. The molecule has 2 atom stereocenters. The van der Waals surface area contributed by atoms with E-state index < -0.39 is 11.7 Å². The number of hydrogen-bond acceptors (Lipinski definition) is 6. The highest BCUT2D eigenvalue weighted by Gasteiger charge is 2.46. The molecule has 4 rings (SSSR count). The van der Waals surface area contributed by atoms with E-state index in [1.165, 1.54) is 5.56 Å². The van der Waals surface area contributed by atoms with E-state index in [1.807, 2.05) is 22.9 Å². The summed E-state index contributed by atoms with van der Waals surface area (Å²) in [6.45, 7) is 5.05. The van der Waals surface area contributed by atoms with Crippen molar-refractivity contribution in [3.05, 3.63) is 48.5 Å². The predicted octanol–water partition coefficient (Wildman–Crippen LogP) is 1.46. The van der Waals surface area contributed by atoms with E-state index in [9.17, 15) is 4.79 Å². The fourth-order valence-electron chi connectivity index (χ4n) is 4.14. The Balaban J connectivity index is 1.23. The number of imidazole rings is 1. The number of ether oxygens (including phenoxy) is 3. The van der Waals surface area contributed by atoms with Crippen LogP contribution in [-0.2, 0) is 27.4 Å². The second-order valence-corrected chi connectivity index (χ2v) is 8.04. The molecular formula is C22H30N4O4. The fourth-order valence-corrected chi connectivity index (χ4v) is 4.14. The summed E-state index contributed by atoms with van der Waals surface area (Å²) in [5, 5.41) is 2.99. The van der Waals surface area contributed by atoms with Crippen molar-refractivity contribution in [2.75, 3.05) is 40.0 Å². The average molecular weight is 415 g/mol. The summed E-state index contributed by atoms with van der Waals surface area (Å²) in [4.78, 5) is 18.9. The van der Waals surface area contributed by atoms with Crippen LogP contribution >= 0.6 is 0 Å². The first kappa shape index (κ1) is 20.8. The first-order valence-corrected chi connectivity index (χ1v) is 10.5. The fraction of sp³-hybridized carbons (Fsp3) is 0.545. The summed E-state index contributed by atoms with van der Waals surface area (Å²) in [6, 6.07) is 8.15. The number of nitrogens with zero attached hydrogens (tertiary/aromatic N) is 3. The first-order valence-electron chi connectivity index (χ1n) is 10.5. The lowest BCUT2D eigenvalue weighted by Gasteiger charge is -2.39. The molecule has 0 bridgehead atoms. The van der Waals surface area contributed by atoms with Gasteiger partial charge in [0.05, 0.1) is 26.7 Å². The van der Waals surface area contributed by atoms with Gasteiger partial charge >= 0.3 is 0 Å². The van der Waals surface area contributed by atoms with Gasteiger partial charge in [-0.15, -0.1) is 0 Å². The summed E-state index contributed by atoms with van der Waals surface area (Å²) in [6.07, 6.45) is 6.46. The number of carbonyl (C=O) groups is 1. The van der Waals surface area contributed by atoms with Gasteiger partial charge in [-0.25, -0.2) is 4.98 Å². The molecule has 8 heteroatoms. The Morgan fingerprint density at radius 1 is 1.37 bits per heavy atom. The van der Waals surface area contributed by atoms with E-state index in [4.69, 9.17) is 14.2 Å². The van der Waals surface area contributed by atoms with Crippen LogP contribution in [0.25, 0.3) is 0 Å². The maximum atomic E-state index is 12.5. The third-order valence-electron chi connectivity index (χ3n) is 5.74. The minimum Gasteiger partial charge on any atom is -0.497 e. The van der Waals surface area contributed by atoms with E-state index in [0.29, 0.717) is 26.2 Å². The summed E-state index contributed by atoms with van der Waals surface area (Å²) >= 11 is 0. The minimum absolute atomic E-state index is 0.0478. The van der Waals surface area contributed by atoms with Gasteiger partial charge in [-0.1, -0.05) is 12.1 Å². The normalized spacial score (nSPS) is 24.2. The van der Waals surface area contributed by atoms with Crippen LogP contribution in [0.5, 0.6) is 5.75 Å². The van der Waals surface area contributed by atoms with Gasteiger partial charge < -0.3 is 24.1 Å². The lowest BCUT2D eigenvalue weighted by molar-refractivity contribution is -0.130. The maximum absolute atomic E-state index is 12.5. The van der Waals surface area contributed by atoms with E-state index in [-0.39, 0.29) is 5.91 Å². The SMILES string of the molecule is COc1ccc(CN2CCOC3(COC(C(=O)NCCCn4ccnc4)C3)C2)cc1. The Morgan fingerprint density at radius 2 is 2.23 bits per heavy atom. The Morgan fingerprint density at radius 3 is 3.00 bits per heavy atom. The van der Waals surface area contributed by atoms with Gasteiger partial charge in [0.25, 0.3) is 0 Å². The molecule has 2 aliphatic heterocycles. The number of amides is 1. The van der Waals surface area contributed by atoms with Crippen molar-refractivity contribution in [1.82, 2.24) is 19.8 Å². The average Bonchev–Trinajstić information content (AvgIpc) is 3.42. The zero-order valence-corrected chi connectivity index (χ0v) is 17.5. The molecular weight excluding hydrogens is 384 g/mol. The minimum atomic E-state index is -0.445. The lowest BCUT2D eigenvalue weighted by Crippen LogP contribution is -2.52. The van der Waals surface area contributed by atoms with Crippen molar-refractivity contribution in [3.8, 4) is 5.75 Å². The standard InChI is InChI=1S/C22H30N4O4/c1-28-19-5-3-18(4-6-19)14-26-11-12-30-22(15-26)13-20(29-16-22)21(27)24-7-2-9-25-10-8-23-17-25/h3-6,8,10,17,20H,2,7,9,11-16H2,1H3,(H,24,27). The molecule has 8 nitrogen and oxygen atoms in total. The number of aromatic nitrogens is 2. The van der Waals surface area contributed by atoms with E-state index in [2.05, 4.69) is 27.3 Å². The molecule has 1 N–H and O–H groups in total. The van der Waals surface area contributed by atoms with E-state index in [1.54, 1.807) is 19.6 Å². The Labute approximate surface area is 177 Å². The molecule has 2 fully saturated rings. The van der Waals surface area contributed by atoms with Crippen LogP contribution < -0.4 is 10.1 Å². The van der Waals surface area contributed by atoms with Crippen LogP contribution in [0.1, 0.15) is 18.4 Å². The summed E-state index contributed by atoms with van der Waals surface area (Å²) in [5.74, 6) is 0.814. The van der Waals surface area contributed by atoms with E-state index in [0.717, 1.165) is 38.3 Å². The topological polar surface area (TPSA) is 77.9 Å². The van der Waals surface area contributed by atoms with Crippen molar-refractivity contribution in [3.63, 3.8) is 0 Å². The molecule has 2 aliphatic rings. The van der Waals surface area contributed by atoms with Crippen molar-refractivity contribution in [2.24, 2.45) is 0 Å². The van der Waals surface area contributed by atoms with Crippen LogP contribution in [0.3, 0.4) is 0 Å². The summed E-state index contributed by atoms with van der Waals surface area (Å²) < 4.78 is 19.2. The smallest absolute Gasteiger partial charge is 0.249 e. The van der Waals surface area contributed by atoms with Gasteiger partial charge in [-0.05, 0) is 24.1 Å². The molecule has 162 valence electrons. The quantitative estimate of drug-likeness (QED) is 0.659. The second-order valence-electron chi connectivity index (χ2n) is 8.04. The summed E-state index contributed by atoms with van der Waals surface area (Å²) in [5.41, 5.74) is 0.836. The van der Waals surface area contributed by atoms with Crippen LogP contribution in [0.2, 0.25) is 0 Å². The molecule has 0 saturated carbocycles. The lowest BCUT2D eigenvalue weighted by atomic mass is 9.97. The van der Waals surface area contributed by atoms with Gasteiger partial charge in [0, 0.05) is 51.5 Å². The van der Waals surface area contributed by atoms with Gasteiger partial charge in [0.15, 0.2) is 0 Å². The van der Waals surface area contributed by atoms with Crippen molar-refractivity contribution in [2.45, 2.75) is 37.6 Å². The van der Waals surface area contributed by atoms with Gasteiger partial charge in [-0.2, -0.15) is 0 Å². The van der Waals surface area contributed by atoms with Gasteiger partial charge in [0.1, 0.15) is 17.5 Å². The Kier molecular flexibility index (Phi) is 6.66. The number of carbonyl (C=O) groups excluding carboxylic acids is 1. The third kappa shape index (κ3) is 5.19. The molecule has 1 amide bonds. The number of rotatable bonds is 8. The molecule has 1 aromatic heterocycles. The number of nitrogens with one attached hydrogen (secondary N) is 1. The highest BCUT2D eigenvalue weighted by atomic mass is 16.6. The zero-order valence-electron chi connectivity index (χ0n) is 17.5. The van der Waals surface area contributed by atoms with Crippen LogP contribution in [0.15, 0.2) is 43.0 Å². The summed E-state index contributed by atoms with van der Waals surface area (Å²) in [7, 11) is 1.67. The third-order valence-corrected chi connectivity index (χ3v) is 5.74. The molecule has 3 heterocycles. The zero-order chi connectivity index (χ0) is 20.8. The molecule has 2 unspecified atom stereocenters. The molecule has 2 aromatic rings. The first-order chi connectivity index (χ1) is 14.7. The highest BCUT2D eigenvalue weighted by Crippen LogP contribution is 2.32. The van der Waals surface area contributed by atoms with Crippen molar-refractivity contribution >= 4 is 5.91 Å². The van der Waals surface area contributed by atoms with Gasteiger partial charge in [-0.3, -0.25) is 9.69 Å². The molecule has 1 spiro atoms. The molecule has 30 heavy (non-hydrogen) atoms. The molecule has 0 radical (unpaired) electrons. The number of aryl methyl sites for hydroxylation is 1. The largest absolute Gasteiger partial charge is 0.497 e. The molecule has 0 aliphatic carbocycles. The molecule has 2 saturated heterocycles. The predicted molar refractivity (Wildman–Crippen MR) is 111 cm³/mol. The van der Waals surface area contributed by atoms with Crippen molar-refractivity contribution in [1.29, 1.82) is 0 Å². The Bertz CT molecular complexity index is 811. The van der Waals surface area contributed by atoms with Crippen molar-refractivity contribution < 1.29 is 19.0 Å². The van der Waals surface area contributed by atoms with Crippen LogP contribution in [0.4, 0.5) is 0 Å². The number of methoxy groups -OCH3 is 1. The monoisotopic (exact) mass is 414 g/mol. The van der Waals surface area contributed by atoms with Crippen LogP contribution in [0, 0.1) is 0 Å².